The van der Waals surface area contributed by atoms with Gasteiger partial charge in [0.2, 0.25) is 23.6 Å². The van der Waals surface area contributed by atoms with Crippen molar-refractivity contribution in [2.45, 2.75) is 18.8 Å². The van der Waals surface area contributed by atoms with Crippen LogP contribution in [0, 0.1) is 29.6 Å². The van der Waals surface area contributed by atoms with Crippen molar-refractivity contribution in [3.63, 3.8) is 0 Å². The van der Waals surface area contributed by atoms with Gasteiger partial charge >= 0.3 is 0 Å². The van der Waals surface area contributed by atoms with Crippen LogP contribution < -0.4 is 14.5 Å². The number of benzene rings is 3. The molecule has 0 radical (unpaired) electrons. The Hall–Kier alpha value is -4.24. The Kier molecular flexibility index (Phi) is 6.31. The van der Waals surface area contributed by atoms with Gasteiger partial charge in [0.1, 0.15) is 0 Å². The smallest absolute Gasteiger partial charge is 0.238 e. The fraction of sp³-hybridized carbons (Fsp3) is 0.273. The van der Waals surface area contributed by atoms with Gasteiger partial charge in [-0.2, -0.15) is 0 Å². The number of para-hydroxylation sites is 2. The zero-order valence-corrected chi connectivity index (χ0v) is 24.2. The van der Waals surface area contributed by atoms with Crippen LogP contribution in [0.5, 0.6) is 11.5 Å². The van der Waals surface area contributed by atoms with Crippen molar-refractivity contribution in [2.24, 2.45) is 29.6 Å². The van der Waals surface area contributed by atoms with E-state index in [1.807, 2.05) is 18.2 Å². The van der Waals surface area contributed by atoms with E-state index in [-0.39, 0.29) is 35.1 Å². The summed E-state index contributed by atoms with van der Waals surface area (Å²) >= 11 is 3.42. The lowest BCUT2D eigenvalue weighted by atomic mass is 9.57. The summed E-state index contributed by atoms with van der Waals surface area (Å²) in [5.41, 5.74) is 2.60. The number of phenols is 1. The third kappa shape index (κ3) is 3.79. The number of nitrogens with zero attached hydrogens (tertiary/aromatic N) is 2. The Morgan fingerprint density at radius 3 is 1.93 bits per heavy atom. The Morgan fingerprint density at radius 2 is 1.33 bits per heavy atom. The van der Waals surface area contributed by atoms with Gasteiger partial charge in [-0.15, -0.1) is 0 Å². The van der Waals surface area contributed by atoms with E-state index in [1.165, 1.54) is 16.9 Å². The third-order valence-electron chi connectivity index (χ3n) is 9.31. The molecule has 2 aliphatic carbocycles. The number of ether oxygens (including phenoxy) is 1. The van der Waals surface area contributed by atoms with Gasteiger partial charge < -0.3 is 9.84 Å². The minimum atomic E-state index is -0.713. The number of carbonyl (C=O) groups is 4. The average molecular weight is 627 g/mol. The van der Waals surface area contributed by atoms with Crippen LogP contribution in [-0.2, 0) is 19.2 Å². The molecule has 4 aliphatic rings. The summed E-state index contributed by atoms with van der Waals surface area (Å²) in [5, 5.41) is 10.5. The van der Waals surface area contributed by atoms with Crippen molar-refractivity contribution >= 4 is 50.9 Å². The Labute approximate surface area is 250 Å². The number of hydrogen-bond donors (Lipinski definition) is 1. The van der Waals surface area contributed by atoms with Crippen LogP contribution >= 0.6 is 15.9 Å². The average Bonchev–Trinajstić information content (AvgIpc) is 3.41. The Balaban J connectivity index is 1.37. The summed E-state index contributed by atoms with van der Waals surface area (Å²) in [6, 6.07) is 21.2. The van der Waals surface area contributed by atoms with Crippen molar-refractivity contribution in [1.29, 1.82) is 0 Å². The second kappa shape index (κ2) is 9.94. The highest BCUT2D eigenvalue weighted by Gasteiger charge is 2.62. The summed E-state index contributed by atoms with van der Waals surface area (Å²) in [6.07, 6.45) is 2.65. The van der Waals surface area contributed by atoms with Crippen molar-refractivity contribution in [1.82, 2.24) is 0 Å². The lowest BCUT2D eigenvalue weighted by Crippen LogP contribution is -2.43. The van der Waals surface area contributed by atoms with Crippen molar-refractivity contribution in [3.8, 4) is 11.5 Å². The molecule has 0 bridgehead atoms. The van der Waals surface area contributed by atoms with Crippen LogP contribution in [-0.4, -0.2) is 35.8 Å². The maximum atomic E-state index is 14.2. The lowest BCUT2D eigenvalue weighted by Gasteiger charge is -2.44. The first kappa shape index (κ1) is 26.6. The summed E-state index contributed by atoms with van der Waals surface area (Å²) in [4.78, 5) is 58.4. The van der Waals surface area contributed by atoms with Crippen molar-refractivity contribution in [3.05, 3.63) is 94.5 Å². The molecule has 7 rings (SSSR count). The Bertz CT molecular complexity index is 1670. The number of fused-ring (bicyclic) bond motifs is 4. The van der Waals surface area contributed by atoms with Crippen LogP contribution in [0.15, 0.2) is 88.9 Å². The number of carbonyl (C=O) groups excluding carboxylic acids is 4. The van der Waals surface area contributed by atoms with Crippen molar-refractivity contribution < 1.29 is 29.0 Å². The molecule has 2 aliphatic heterocycles. The number of amides is 4. The molecule has 3 aromatic rings. The largest absolute Gasteiger partial charge is 0.503 e. The Morgan fingerprint density at radius 1 is 0.762 bits per heavy atom. The van der Waals surface area contributed by atoms with Gasteiger partial charge in [0.15, 0.2) is 11.5 Å². The van der Waals surface area contributed by atoms with E-state index in [9.17, 15) is 24.3 Å². The maximum absolute atomic E-state index is 14.2. The number of hydrogen-bond acceptors (Lipinski definition) is 6. The summed E-state index contributed by atoms with van der Waals surface area (Å²) < 4.78 is 5.83. The molecular weight excluding hydrogens is 600 g/mol. The van der Waals surface area contributed by atoms with Crippen LogP contribution in [0.2, 0.25) is 0 Å². The number of methoxy groups -OCH3 is 1. The van der Waals surface area contributed by atoms with Gasteiger partial charge in [-0.05, 0) is 76.7 Å². The first-order valence-corrected chi connectivity index (χ1v) is 14.7. The summed E-state index contributed by atoms with van der Waals surface area (Å²) in [5.74, 6) is -4.50. The van der Waals surface area contributed by atoms with E-state index >= 15 is 0 Å². The molecule has 2 heterocycles. The number of phenolic OH excluding ortho intramolecular Hbond substituents is 1. The van der Waals surface area contributed by atoms with Gasteiger partial charge in [0, 0.05) is 5.92 Å². The van der Waals surface area contributed by atoms with E-state index < -0.39 is 35.5 Å². The predicted molar refractivity (Wildman–Crippen MR) is 158 cm³/mol. The molecule has 1 saturated carbocycles. The van der Waals surface area contributed by atoms with E-state index in [4.69, 9.17) is 4.74 Å². The third-order valence-corrected chi connectivity index (χ3v) is 9.91. The number of halogens is 1. The highest BCUT2D eigenvalue weighted by atomic mass is 79.9. The molecule has 0 unspecified atom stereocenters. The number of rotatable bonds is 4. The van der Waals surface area contributed by atoms with Crippen LogP contribution in [0.1, 0.15) is 24.3 Å². The monoisotopic (exact) mass is 626 g/mol. The van der Waals surface area contributed by atoms with E-state index in [2.05, 4.69) is 15.9 Å². The minimum absolute atomic E-state index is 0.0716. The molecule has 3 fully saturated rings. The molecule has 3 aromatic carbocycles. The molecule has 8 nitrogen and oxygen atoms in total. The lowest BCUT2D eigenvalue weighted by molar-refractivity contribution is -0.126. The van der Waals surface area contributed by atoms with Gasteiger partial charge in [0.05, 0.1) is 46.6 Å². The number of aromatic hydroxyl groups is 1. The number of anilines is 2. The van der Waals surface area contributed by atoms with Gasteiger partial charge in [-0.25, -0.2) is 0 Å². The molecule has 0 aromatic heterocycles. The molecule has 9 heteroatoms. The molecule has 0 spiro atoms. The van der Waals surface area contributed by atoms with E-state index in [1.54, 1.807) is 60.7 Å². The summed E-state index contributed by atoms with van der Waals surface area (Å²) in [7, 11) is 1.45. The molecule has 1 N–H and O–H groups in total. The summed E-state index contributed by atoms with van der Waals surface area (Å²) in [6.45, 7) is 0. The zero-order chi connectivity index (χ0) is 29.3. The van der Waals surface area contributed by atoms with Crippen molar-refractivity contribution in [2.75, 3.05) is 16.9 Å². The standard InChI is InChI=1S/C33H27BrN2O6/c1-42-25-15-17(14-24(34)29(25)37)26-20-12-13-21-27(32(40)35(30(21)38)18-8-4-2-5-9-18)22(20)16-23-28(26)33(41)36(31(23)39)19-10-6-3-7-11-19/h2-12,14-15,21-23,26-28,37H,13,16H2,1H3/t21-,22+,23+,26-,27-,28+/m0/s1. The molecule has 42 heavy (non-hydrogen) atoms. The highest BCUT2D eigenvalue weighted by Crippen LogP contribution is 2.59. The molecule has 2 saturated heterocycles. The quantitative estimate of drug-likeness (QED) is 0.315. The van der Waals surface area contributed by atoms with Gasteiger partial charge in [-0.1, -0.05) is 48.0 Å². The molecule has 4 amide bonds. The second-order valence-corrected chi connectivity index (χ2v) is 12.1. The second-order valence-electron chi connectivity index (χ2n) is 11.3. The van der Waals surface area contributed by atoms with Crippen LogP contribution in [0.25, 0.3) is 0 Å². The molecule has 212 valence electrons. The number of imide groups is 2. The maximum Gasteiger partial charge on any atom is 0.238 e. The van der Waals surface area contributed by atoms with Crippen LogP contribution in [0.4, 0.5) is 11.4 Å². The highest BCUT2D eigenvalue weighted by molar-refractivity contribution is 9.10. The topological polar surface area (TPSA) is 104 Å². The minimum Gasteiger partial charge on any atom is -0.503 e. The van der Waals surface area contributed by atoms with Gasteiger partial charge in [0.25, 0.3) is 0 Å². The SMILES string of the molecule is COc1cc([C@H]2C3=CC[C@@H]4C(=O)N(c5ccccc5)C(=O)[C@@H]4[C@@H]3C[C@H]3C(=O)N(c4ccccc4)C(=O)[C@@H]23)cc(Br)c1O. The van der Waals surface area contributed by atoms with E-state index in [0.29, 0.717) is 34.3 Å². The normalized spacial score (nSPS) is 28.4. The van der Waals surface area contributed by atoms with Gasteiger partial charge in [-0.3, -0.25) is 29.0 Å². The van der Waals surface area contributed by atoms with Crippen LogP contribution in [0.3, 0.4) is 0 Å². The first-order chi connectivity index (χ1) is 20.3. The first-order valence-electron chi connectivity index (χ1n) is 13.9. The fourth-order valence-corrected chi connectivity index (χ4v) is 8.02. The fourth-order valence-electron chi connectivity index (χ4n) is 7.56. The molecule has 6 atom stereocenters. The predicted octanol–water partition coefficient (Wildman–Crippen LogP) is 5.21. The zero-order valence-electron chi connectivity index (χ0n) is 22.6. The number of allylic oxidation sites excluding steroid dienone is 2. The van der Waals surface area contributed by atoms with E-state index in [0.717, 1.165) is 5.57 Å². The molecular formula is C33H27BrN2O6.